The SMILES string of the molecule is Clc1cccc(CNCc2cnco2)c1. The third-order valence-corrected chi connectivity index (χ3v) is 2.24. The third kappa shape index (κ3) is 3.08. The molecule has 0 aliphatic carbocycles. The molecule has 0 saturated heterocycles. The first-order valence-corrected chi connectivity index (χ1v) is 5.05. The first-order chi connectivity index (χ1) is 7.34. The van der Waals surface area contributed by atoms with Crippen molar-refractivity contribution in [2.45, 2.75) is 13.1 Å². The van der Waals surface area contributed by atoms with E-state index in [4.69, 9.17) is 16.0 Å². The van der Waals surface area contributed by atoms with E-state index in [9.17, 15) is 0 Å². The second-order valence-electron chi connectivity index (χ2n) is 3.20. The van der Waals surface area contributed by atoms with E-state index in [2.05, 4.69) is 10.3 Å². The van der Waals surface area contributed by atoms with Crippen molar-refractivity contribution in [3.8, 4) is 0 Å². The van der Waals surface area contributed by atoms with Gasteiger partial charge in [-0.25, -0.2) is 4.98 Å². The van der Waals surface area contributed by atoms with Gasteiger partial charge in [0.25, 0.3) is 0 Å². The molecule has 0 aliphatic rings. The summed E-state index contributed by atoms with van der Waals surface area (Å²) in [6.07, 6.45) is 3.13. The fourth-order valence-electron chi connectivity index (χ4n) is 1.31. The van der Waals surface area contributed by atoms with Crippen molar-refractivity contribution in [3.05, 3.63) is 53.2 Å². The Hall–Kier alpha value is -1.32. The summed E-state index contributed by atoms with van der Waals surface area (Å²) in [5, 5.41) is 4.00. The number of nitrogens with zero attached hydrogens (tertiary/aromatic N) is 1. The molecular formula is C11H11ClN2O. The van der Waals surface area contributed by atoms with E-state index in [0.29, 0.717) is 6.54 Å². The molecule has 1 aromatic heterocycles. The lowest BCUT2D eigenvalue weighted by molar-refractivity contribution is 0.479. The van der Waals surface area contributed by atoms with Gasteiger partial charge in [-0.2, -0.15) is 0 Å². The summed E-state index contributed by atoms with van der Waals surface area (Å²) in [5.74, 6) is 0.831. The smallest absolute Gasteiger partial charge is 0.180 e. The number of oxazole rings is 1. The Labute approximate surface area is 93.1 Å². The first kappa shape index (κ1) is 10.2. The highest BCUT2D eigenvalue weighted by Crippen LogP contribution is 2.10. The lowest BCUT2D eigenvalue weighted by Gasteiger charge is -2.02. The molecular weight excluding hydrogens is 212 g/mol. The van der Waals surface area contributed by atoms with Gasteiger partial charge in [0, 0.05) is 11.6 Å². The number of halogens is 1. The molecule has 0 atom stereocenters. The van der Waals surface area contributed by atoms with Crippen LogP contribution in [0.2, 0.25) is 5.02 Å². The van der Waals surface area contributed by atoms with E-state index >= 15 is 0 Å². The maximum atomic E-state index is 5.87. The molecule has 0 unspecified atom stereocenters. The van der Waals surface area contributed by atoms with Crippen LogP contribution in [0.15, 0.2) is 41.3 Å². The third-order valence-electron chi connectivity index (χ3n) is 2.00. The first-order valence-electron chi connectivity index (χ1n) is 4.67. The van der Waals surface area contributed by atoms with Crippen molar-refractivity contribution in [2.75, 3.05) is 0 Å². The van der Waals surface area contributed by atoms with E-state index in [1.54, 1.807) is 6.20 Å². The number of benzene rings is 1. The Balaban J connectivity index is 1.83. The van der Waals surface area contributed by atoms with Gasteiger partial charge < -0.3 is 9.73 Å². The minimum absolute atomic E-state index is 0.673. The molecule has 0 saturated carbocycles. The van der Waals surface area contributed by atoms with Crippen LogP contribution in [0, 0.1) is 0 Å². The van der Waals surface area contributed by atoms with E-state index in [-0.39, 0.29) is 0 Å². The predicted octanol–water partition coefficient (Wildman–Crippen LogP) is 2.62. The molecule has 78 valence electrons. The zero-order chi connectivity index (χ0) is 10.5. The molecule has 4 heteroatoms. The van der Waals surface area contributed by atoms with Gasteiger partial charge in [0.05, 0.1) is 12.7 Å². The molecule has 0 radical (unpaired) electrons. The fourth-order valence-corrected chi connectivity index (χ4v) is 1.52. The second-order valence-corrected chi connectivity index (χ2v) is 3.64. The molecule has 0 bridgehead atoms. The fraction of sp³-hybridized carbons (Fsp3) is 0.182. The topological polar surface area (TPSA) is 38.1 Å². The van der Waals surface area contributed by atoms with Gasteiger partial charge in [0.15, 0.2) is 6.39 Å². The maximum absolute atomic E-state index is 5.87. The van der Waals surface area contributed by atoms with Gasteiger partial charge in [0.1, 0.15) is 5.76 Å². The highest BCUT2D eigenvalue weighted by molar-refractivity contribution is 6.30. The van der Waals surface area contributed by atoms with E-state index < -0.39 is 0 Å². The zero-order valence-electron chi connectivity index (χ0n) is 8.11. The minimum atomic E-state index is 0.673. The summed E-state index contributed by atoms with van der Waals surface area (Å²) in [4.78, 5) is 3.83. The molecule has 0 amide bonds. The predicted molar refractivity (Wildman–Crippen MR) is 58.5 cm³/mol. The molecule has 1 aromatic carbocycles. The summed E-state index contributed by atoms with van der Waals surface area (Å²) in [5.41, 5.74) is 1.15. The summed E-state index contributed by atoms with van der Waals surface area (Å²) >= 11 is 5.87. The van der Waals surface area contributed by atoms with Crippen LogP contribution < -0.4 is 5.32 Å². The summed E-state index contributed by atoms with van der Waals surface area (Å²) in [6.45, 7) is 1.44. The van der Waals surface area contributed by atoms with Crippen LogP contribution in [0.3, 0.4) is 0 Å². The molecule has 0 fully saturated rings. The van der Waals surface area contributed by atoms with Gasteiger partial charge >= 0.3 is 0 Å². The largest absolute Gasteiger partial charge is 0.447 e. The normalized spacial score (nSPS) is 10.5. The van der Waals surface area contributed by atoms with Crippen LogP contribution in [0.4, 0.5) is 0 Å². The van der Waals surface area contributed by atoms with Crippen LogP contribution in [0.5, 0.6) is 0 Å². The Morgan fingerprint density at radius 3 is 3.00 bits per heavy atom. The van der Waals surface area contributed by atoms with Gasteiger partial charge in [-0.15, -0.1) is 0 Å². The van der Waals surface area contributed by atoms with Gasteiger partial charge in [0.2, 0.25) is 0 Å². The monoisotopic (exact) mass is 222 g/mol. The molecule has 1 N–H and O–H groups in total. The van der Waals surface area contributed by atoms with Crippen molar-refractivity contribution < 1.29 is 4.42 Å². The van der Waals surface area contributed by atoms with Crippen molar-refractivity contribution in [2.24, 2.45) is 0 Å². The molecule has 0 spiro atoms. The summed E-state index contributed by atoms with van der Waals surface area (Å²) in [7, 11) is 0. The van der Waals surface area contributed by atoms with E-state index in [0.717, 1.165) is 22.9 Å². The van der Waals surface area contributed by atoms with E-state index in [1.807, 2.05) is 24.3 Å². The maximum Gasteiger partial charge on any atom is 0.180 e. The van der Waals surface area contributed by atoms with Crippen molar-refractivity contribution in [1.82, 2.24) is 10.3 Å². The van der Waals surface area contributed by atoms with Crippen LogP contribution in [0.25, 0.3) is 0 Å². The van der Waals surface area contributed by atoms with Crippen LogP contribution in [-0.4, -0.2) is 4.98 Å². The van der Waals surface area contributed by atoms with Crippen LogP contribution >= 0.6 is 11.6 Å². The van der Waals surface area contributed by atoms with Crippen LogP contribution in [0.1, 0.15) is 11.3 Å². The average Bonchev–Trinajstić information content (AvgIpc) is 2.71. The quantitative estimate of drug-likeness (QED) is 0.864. The van der Waals surface area contributed by atoms with Crippen LogP contribution in [-0.2, 0) is 13.1 Å². The number of hydrogen-bond donors (Lipinski definition) is 1. The number of aromatic nitrogens is 1. The molecule has 15 heavy (non-hydrogen) atoms. The number of nitrogens with one attached hydrogen (secondary N) is 1. The number of hydrogen-bond acceptors (Lipinski definition) is 3. The van der Waals surface area contributed by atoms with Gasteiger partial charge in [-0.3, -0.25) is 0 Å². The molecule has 0 aliphatic heterocycles. The average molecular weight is 223 g/mol. The Bertz CT molecular complexity index is 414. The Morgan fingerprint density at radius 2 is 2.27 bits per heavy atom. The lowest BCUT2D eigenvalue weighted by atomic mass is 10.2. The minimum Gasteiger partial charge on any atom is -0.447 e. The summed E-state index contributed by atoms with van der Waals surface area (Å²) in [6, 6.07) is 7.77. The molecule has 2 aromatic rings. The molecule has 2 rings (SSSR count). The van der Waals surface area contributed by atoms with Gasteiger partial charge in [-0.1, -0.05) is 23.7 Å². The molecule has 3 nitrogen and oxygen atoms in total. The van der Waals surface area contributed by atoms with Crippen molar-refractivity contribution in [3.63, 3.8) is 0 Å². The highest BCUT2D eigenvalue weighted by atomic mass is 35.5. The number of rotatable bonds is 4. The van der Waals surface area contributed by atoms with Crippen molar-refractivity contribution in [1.29, 1.82) is 0 Å². The molecule has 1 heterocycles. The lowest BCUT2D eigenvalue weighted by Crippen LogP contribution is -2.11. The zero-order valence-corrected chi connectivity index (χ0v) is 8.87. The van der Waals surface area contributed by atoms with Gasteiger partial charge in [-0.05, 0) is 17.7 Å². The van der Waals surface area contributed by atoms with E-state index in [1.165, 1.54) is 6.39 Å². The van der Waals surface area contributed by atoms with Crippen molar-refractivity contribution >= 4 is 11.6 Å². The summed E-state index contributed by atoms with van der Waals surface area (Å²) < 4.78 is 5.10. The highest BCUT2D eigenvalue weighted by Gasteiger charge is 1.97. The Kier molecular flexibility index (Phi) is 3.37. The standard InChI is InChI=1S/C11H11ClN2O/c12-10-3-1-2-9(4-10)5-13-6-11-7-14-8-15-11/h1-4,7-8,13H,5-6H2. The Morgan fingerprint density at radius 1 is 1.33 bits per heavy atom. The second kappa shape index (κ2) is 4.96.